The maximum atomic E-state index is 9.93. The first-order chi connectivity index (χ1) is 21.4. The SMILES string of the molecule is Cc1c(Nc2nccn3c(CN4CCC(O)C4)cnc23)cccc1-c1cccc(-c2nc3cc(CO)cc(C#N)c3o2)c1C. The molecule has 7 rings (SSSR count). The molecule has 0 aliphatic carbocycles. The van der Waals surface area contributed by atoms with Crippen LogP contribution in [0.5, 0.6) is 0 Å². The molecule has 0 spiro atoms. The molecule has 3 N–H and O–H groups in total. The summed E-state index contributed by atoms with van der Waals surface area (Å²) in [7, 11) is 0. The average Bonchev–Trinajstić information content (AvgIpc) is 3.77. The highest BCUT2D eigenvalue weighted by atomic mass is 16.3. The van der Waals surface area contributed by atoms with Gasteiger partial charge in [-0.2, -0.15) is 5.26 Å². The quantitative estimate of drug-likeness (QED) is 0.222. The first-order valence-electron chi connectivity index (χ1n) is 14.6. The first kappa shape index (κ1) is 27.7. The van der Waals surface area contributed by atoms with Gasteiger partial charge in [-0.1, -0.05) is 24.3 Å². The molecule has 1 unspecified atom stereocenters. The maximum Gasteiger partial charge on any atom is 0.227 e. The van der Waals surface area contributed by atoms with Crippen molar-refractivity contribution in [3.05, 3.63) is 95.1 Å². The number of likely N-dealkylation sites (tertiary alicyclic amines) is 1. The second-order valence-corrected chi connectivity index (χ2v) is 11.3. The molecule has 0 radical (unpaired) electrons. The van der Waals surface area contributed by atoms with Crippen LogP contribution in [0.4, 0.5) is 11.5 Å². The van der Waals surface area contributed by atoms with Crippen LogP contribution in [0.2, 0.25) is 0 Å². The van der Waals surface area contributed by atoms with Crippen molar-refractivity contribution in [2.45, 2.75) is 39.5 Å². The third-order valence-corrected chi connectivity index (χ3v) is 8.43. The predicted molar refractivity (Wildman–Crippen MR) is 167 cm³/mol. The Morgan fingerprint density at radius 1 is 1.07 bits per heavy atom. The molecule has 1 aliphatic rings. The van der Waals surface area contributed by atoms with E-state index in [0.717, 1.165) is 57.8 Å². The van der Waals surface area contributed by atoms with Crippen molar-refractivity contribution in [3.63, 3.8) is 0 Å². The van der Waals surface area contributed by atoms with Crippen LogP contribution in [0.1, 0.15) is 34.4 Å². The number of nitrogens with one attached hydrogen (secondary N) is 1. The summed E-state index contributed by atoms with van der Waals surface area (Å²) >= 11 is 0. The fourth-order valence-electron chi connectivity index (χ4n) is 6.09. The van der Waals surface area contributed by atoms with E-state index in [1.165, 1.54) is 0 Å². The van der Waals surface area contributed by atoms with Crippen molar-refractivity contribution in [2.24, 2.45) is 0 Å². The summed E-state index contributed by atoms with van der Waals surface area (Å²) in [5.41, 5.74) is 9.55. The monoisotopic (exact) mass is 585 g/mol. The zero-order chi connectivity index (χ0) is 30.4. The molecular weight excluding hydrogens is 554 g/mol. The van der Waals surface area contributed by atoms with Gasteiger partial charge in [0.15, 0.2) is 17.0 Å². The Bertz CT molecular complexity index is 2070. The van der Waals surface area contributed by atoms with Gasteiger partial charge in [-0.05, 0) is 72.4 Å². The molecule has 3 aromatic carbocycles. The molecule has 3 aromatic heterocycles. The van der Waals surface area contributed by atoms with E-state index in [0.29, 0.717) is 47.0 Å². The molecule has 10 nitrogen and oxygen atoms in total. The first-order valence-corrected chi connectivity index (χ1v) is 14.6. The highest BCUT2D eigenvalue weighted by molar-refractivity contribution is 5.86. The zero-order valence-corrected chi connectivity index (χ0v) is 24.4. The lowest BCUT2D eigenvalue weighted by molar-refractivity contribution is 0.174. The Morgan fingerprint density at radius 3 is 2.64 bits per heavy atom. The second-order valence-electron chi connectivity index (χ2n) is 11.3. The molecule has 0 amide bonds. The molecule has 0 saturated carbocycles. The largest absolute Gasteiger partial charge is 0.435 e. The molecule has 4 heterocycles. The third-order valence-electron chi connectivity index (χ3n) is 8.43. The van der Waals surface area contributed by atoms with E-state index >= 15 is 0 Å². The van der Waals surface area contributed by atoms with E-state index in [1.807, 2.05) is 43.6 Å². The number of aromatic nitrogens is 4. The Hall–Kier alpha value is -5.08. The number of anilines is 2. The Kier molecular flexibility index (Phi) is 7.06. The normalized spacial score (nSPS) is 15.3. The van der Waals surface area contributed by atoms with Crippen LogP contribution in [0, 0.1) is 25.2 Å². The fraction of sp³-hybridized carbons (Fsp3) is 0.235. The molecule has 6 aromatic rings. The number of hydrogen-bond acceptors (Lipinski definition) is 9. The highest BCUT2D eigenvalue weighted by Gasteiger charge is 2.22. The minimum absolute atomic E-state index is 0.180. The lowest BCUT2D eigenvalue weighted by Crippen LogP contribution is -2.22. The molecule has 1 fully saturated rings. The van der Waals surface area contributed by atoms with E-state index in [-0.39, 0.29) is 12.7 Å². The average molecular weight is 586 g/mol. The van der Waals surface area contributed by atoms with Crippen molar-refractivity contribution in [1.29, 1.82) is 5.26 Å². The highest BCUT2D eigenvalue weighted by Crippen LogP contribution is 2.37. The molecule has 44 heavy (non-hydrogen) atoms. The summed E-state index contributed by atoms with van der Waals surface area (Å²) in [5.74, 6) is 1.08. The van der Waals surface area contributed by atoms with Crippen LogP contribution < -0.4 is 5.32 Å². The number of oxazole rings is 1. The third kappa shape index (κ3) is 4.87. The van der Waals surface area contributed by atoms with Gasteiger partial charge >= 0.3 is 0 Å². The van der Waals surface area contributed by atoms with Crippen molar-refractivity contribution in [2.75, 3.05) is 18.4 Å². The Balaban J connectivity index is 1.22. The van der Waals surface area contributed by atoms with Gasteiger partial charge in [0, 0.05) is 43.3 Å². The van der Waals surface area contributed by atoms with Crippen LogP contribution >= 0.6 is 0 Å². The summed E-state index contributed by atoms with van der Waals surface area (Å²) in [4.78, 5) is 16.2. The van der Waals surface area contributed by atoms with Crippen LogP contribution in [0.3, 0.4) is 0 Å². The number of imidazole rings is 1. The summed E-state index contributed by atoms with van der Waals surface area (Å²) in [6.45, 7) is 6.20. The topological polar surface area (TPSA) is 136 Å². The molecule has 10 heteroatoms. The molecule has 1 aliphatic heterocycles. The van der Waals surface area contributed by atoms with Gasteiger partial charge in [0.05, 0.1) is 30.2 Å². The summed E-state index contributed by atoms with van der Waals surface area (Å²) < 4.78 is 8.16. The van der Waals surface area contributed by atoms with Crippen LogP contribution in [-0.4, -0.2) is 53.7 Å². The number of rotatable bonds is 7. The molecule has 1 saturated heterocycles. The van der Waals surface area contributed by atoms with E-state index < -0.39 is 0 Å². The van der Waals surface area contributed by atoms with Crippen molar-refractivity contribution in [1.82, 2.24) is 24.3 Å². The van der Waals surface area contributed by atoms with E-state index in [9.17, 15) is 15.5 Å². The Labute approximate surface area is 253 Å². The van der Waals surface area contributed by atoms with Crippen molar-refractivity contribution < 1.29 is 14.6 Å². The van der Waals surface area contributed by atoms with Gasteiger partial charge in [-0.3, -0.25) is 9.30 Å². The van der Waals surface area contributed by atoms with E-state index in [4.69, 9.17) is 4.42 Å². The van der Waals surface area contributed by atoms with Crippen LogP contribution in [0.25, 0.3) is 39.3 Å². The number of β-amino-alcohol motifs (C(OH)–C–C–N with tert-alkyl or cyclic N) is 1. The Morgan fingerprint density at radius 2 is 1.86 bits per heavy atom. The van der Waals surface area contributed by atoms with Crippen LogP contribution in [0.15, 0.2) is 71.5 Å². The number of aliphatic hydroxyl groups excluding tert-OH is 2. The fourth-order valence-corrected chi connectivity index (χ4v) is 6.09. The smallest absolute Gasteiger partial charge is 0.227 e. The van der Waals surface area contributed by atoms with Gasteiger partial charge in [-0.15, -0.1) is 0 Å². The van der Waals surface area contributed by atoms with Gasteiger partial charge in [0.2, 0.25) is 5.89 Å². The summed E-state index contributed by atoms with van der Waals surface area (Å²) in [6.07, 6.45) is 6.10. The maximum absolute atomic E-state index is 9.93. The number of nitrogens with zero attached hydrogens (tertiary/aromatic N) is 6. The summed E-state index contributed by atoms with van der Waals surface area (Å²) in [6, 6.07) is 17.7. The number of nitriles is 1. The van der Waals surface area contributed by atoms with E-state index in [1.54, 1.807) is 18.3 Å². The van der Waals surface area contributed by atoms with Crippen LogP contribution in [-0.2, 0) is 13.2 Å². The zero-order valence-electron chi connectivity index (χ0n) is 24.4. The minimum Gasteiger partial charge on any atom is -0.435 e. The predicted octanol–water partition coefficient (Wildman–Crippen LogP) is 5.50. The van der Waals surface area contributed by atoms with Crippen molar-refractivity contribution in [3.8, 4) is 28.7 Å². The van der Waals surface area contributed by atoms with Gasteiger partial charge < -0.3 is 19.9 Å². The minimum atomic E-state index is -0.265. The second kappa shape index (κ2) is 11.2. The van der Waals surface area contributed by atoms with E-state index in [2.05, 4.69) is 54.7 Å². The number of fused-ring (bicyclic) bond motifs is 2. The lowest BCUT2D eigenvalue weighted by Gasteiger charge is -2.16. The standard InChI is InChI=1S/C34H31N7O3/c1-20-26(5-3-7-28(20)34-39-30-14-22(19-42)13-23(15-35)31(30)44-34)27-6-4-8-29(21(27)2)38-32-33-37-16-24(41(33)12-10-36-32)17-40-11-9-25(43)18-40/h3-8,10,12-14,16,25,42-43H,9,11,17-19H2,1-2H3,(H,36,38). The van der Waals surface area contributed by atoms with Gasteiger partial charge in [0.25, 0.3) is 0 Å². The molecule has 220 valence electrons. The summed E-state index contributed by atoms with van der Waals surface area (Å²) in [5, 5.41) is 32.7. The van der Waals surface area contributed by atoms with Gasteiger partial charge in [-0.25, -0.2) is 15.0 Å². The van der Waals surface area contributed by atoms with Crippen molar-refractivity contribution >= 4 is 28.3 Å². The molecular formula is C34H31N7O3. The number of aliphatic hydroxyl groups is 2. The molecule has 1 atom stereocenters. The molecule has 0 bridgehead atoms. The lowest BCUT2D eigenvalue weighted by atomic mass is 9.93. The number of benzene rings is 3. The van der Waals surface area contributed by atoms with Gasteiger partial charge in [0.1, 0.15) is 11.6 Å². The number of hydrogen-bond donors (Lipinski definition) is 3.